The summed E-state index contributed by atoms with van der Waals surface area (Å²) in [6.07, 6.45) is 5.08. The maximum absolute atomic E-state index is 11.9. The Morgan fingerprint density at radius 3 is 3.11 bits per heavy atom. The van der Waals surface area contributed by atoms with Gasteiger partial charge in [-0.2, -0.15) is 5.10 Å². The average Bonchev–Trinajstić information content (AvgIpc) is 2.91. The normalized spacial score (nSPS) is 18.7. The maximum Gasteiger partial charge on any atom is 0.268 e. The van der Waals surface area contributed by atoms with Gasteiger partial charge in [0.15, 0.2) is 0 Å². The average molecular weight is 266 g/mol. The van der Waals surface area contributed by atoms with E-state index >= 15 is 0 Å². The Labute approximate surface area is 113 Å². The number of aromatic nitrogens is 2. The second-order valence-corrected chi connectivity index (χ2v) is 4.76. The van der Waals surface area contributed by atoms with E-state index in [0.29, 0.717) is 12.6 Å². The van der Waals surface area contributed by atoms with Gasteiger partial charge in [0.2, 0.25) is 0 Å². The van der Waals surface area contributed by atoms with Gasteiger partial charge in [-0.25, -0.2) is 4.68 Å². The van der Waals surface area contributed by atoms with Crippen LogP contribution in [0.4, 0.5) is 5.69 Å². The molecule has 2 N–H and O–H groups in total. The van der Waals surface area contributed by atoms with Gasteiger partial charge in [0.1, 0.15) is 0 Å². The fraction of sp³-hybridized carbons (Fsp3) is 0.692. The van der Waals surface area contributed by atoms with Crippen LogP contribution in [0.5, 0.6) is 0 Å². The van der Waals surface area contributed by atoms with E-state index in [1.54, 1.807) is 12.3 Å². The maximum atomic E-state index is 11.9. The topological polar surface area (TPSA) is 68.2 Å². The van der Waals surface area contributed by atoms with Crippen molar-refractivity contribution >= 4 is 5.69 Å². The molecular formula is C13H22N4O2. The smallest absolute Gasteiger partial charge is 0.268 e. The lowest BCUT2D eigenvalue weighted by molar-refractivity contribution is 0.0990. The van der Waals surface area contributed by atoms with Crippen LogP contribution in [0.25, 0.3) is 0 Å². The lowest BCUT2D eigenvalue weighted by Crippen LogP contribution is -2.25. The second kappa shape index (κ2) is 7.25. The standard InChI is InChI=1S/C13H22N4O2/c1-14-5-6-15-11-9-13(18)17(16-10-11)7-4-12-3-2-8-19-12/h9-10,12,14-15H,2-8H2,1H3. The molecule has 1 saturated heterocycles. The molecule has 0 aromatic carbocycles. The van der Waals surface area contributed by atoms with E-state index in [2.05, 4.69) is 15.7 Å². The van der Waals surface area contributed by atoms with Crippen molar-refractivity contribution in [3.63, 3.8) is 0 Å². The van der Waals surface area contributed by atoms with Crippen LogP contribution in [-0.4, -0.2) is 42.6 Å². The van der Waals surface area contributed by atoms with Gasteiger partial charge in [0, 0.05) is 32.3 Å². The van der Waals surface area contributed by atoms with E-state index in [4.69, 9.17) is 4.74 Å². The van der Waals surface area contributed by atoms with Crippen molar-refractivity contribution in [1.29, 1.82) is 0 Å². The molecule has 1 aliphatic rings. The van der Waals surface area contributed by atoms with Crippen molar-refractivity contribution in [2.75, 3.05) is 32.1 Å². The fourth-order valence-electron chi connectivity index (χ4n) is 2.17. The van der Waals surface area contributed by atoms with E-state index in [1.165, 1.54) is 4.68 Å². The van der Waals surface area contributed by atoms with Crippen LogP contribution < -0.4 is 16.2 Å². The summed E-state index contributed by atoms with van der Waals surface area (Å²) in [4.78, 5) is 11.9. The van der Waals surface area contributed by atoms with Crippen LogP contribution in [-0.2, 0) is 11.3 Å². The summed E-state index contributed by atoms with van der Waals surface area (Å²) in [6.45, 7) is 3.10. The molecule has 2 rings (SSSR count). The van der Waals surface area contributed by atoms with E-state index in [9.17, 15) is 4.79 Å². The fourth-order valence-corrected chi connectivity index (χ4v) is 2.17. The van der Waals surface area contributed by atoms with E-state index in [1.807, 2.05) is 7.05 Å². The molecule has 2 heterocycles. The van der Waals surface area contributed by atoms with Crippen LogP contribution >= 0.6 is 0 Å². The Bertz CT molecular complexity index is 441. The molecule has 19 heavy (non-hydrogen) atoms. The molecule has 0 bridgehead atoms. The van der Waals surface area contributed by atoms with Gasteiger partial charge in [-0.3, -0.25) is 4.79 Å². The van der Waals surface area contributed by atoms with E-state index in [0.717, 1.165) is 44.6 Å². The molecule has 0 aliphatic carbocycles. The molecule has 0 spiro atoms. The Kier molecular flexibility index (Phi) is 5.35. The predicted molar refractivity (Wildman–Crippen MR) is 74.5 cm³/mol. The molecule has 0 amide bonds. The van der Waals surface area contributed by atoms with Crippen molar-refractivity contribution < 1.29 is 4.74 Å². The number of likely N-dealkylation sites (N-methyl/N-ethyl adjacent to an activating group) is 1. The first-order valence-corrected chi connectivity index (χ1v) is 6.87. The van der Waals surface area contributed by atoms with Crippen molar-refractivity contribution in [2.45, 2.75) is 31.9 Å². The third-order valence-electron chi connectivity index (χ3n) is 3.26. The predicted octanol–water partition coefficient (Wildman–Crippen LogP) is 0.444. The van der Waals surface area contributed by atoms with Crippen molar-refractivity contribution in [2.24, 2.45) is 0 Å². The Morgan fingerprint density at radius 1 is 1.53 bits per heavy atom. The van der Waals surface area contributed by atoms with Gasteiger partial charge in [-0.05, 0) is 26.3 Å². The molecule has 1 aliphatic heterocycles. The van der Waals surface area contributed by atoms with Crippen molar-refractivity contribution in [3.8, 4) is 0 Å². The third-order valence-corrected chi connectivity index (χ3v) is 3.26. The van der Waals surface area contributed by atoms with Crippen LogP contribution in [0.1, 0.15) is 19.3 Å². The van der Waals surface area contributed by atoms with Crippen LogP contribution in [0.15, 0.2) is 17.1 Å². The molecule has 1 atom stereocenters. The molecule has 1 aromatic heterocycles. The van der Waals surface area contributed by atoms with Crippen LogP contribution in [0.3, 0.4) is 0 Å². The number of hydrogen-bond acceptors (Lipinski definition) is 5. The van der Waals surface area contributed by atoms with Gasteiger partial charge in [0.05, 0.1) is 18.0 Å². The Morgan fingerprint density at radius 2 is 2.42 bits per heavy atom. The minimum Gasteiger partial charge on any atom is -0.382 e. The highest BCUT2D eigenvalue weighted by atomic mass is 16.5. The van der Waals surface area contributed by atoms with Gasteiger partial charge in [0.25, 0.3) is 5.56 Å². The highest BCUT2D eigenvalue weighted by Crippen LogP contribution is 2.15. The van der Waals surface area contributed by atoms with Crippen LogP contribution in [0, 0.1) is 0 Å². The van der Waals surface area contributed by atoms with Crippen molar-refractivity contribution in [1.82, 2.24) is 15.1 Å². The minimum absolute atomic E-state index is 0.0625. The molecule has 0 radical (unpaired) electrons. The lowest BCUT2D eigenvalue weighted by atomic mass is 10.2. The highest BCUT2D eigenvalue weighted by Gasteiger charge is 2.15. The molecule has 106 valence electrons. The SMILES string of the molecule is CNCCNc1cnn(CCC2CCCO2)c(=O)c1. The molecule has 6 heteroatoms. The van der Waals surface area contributed by atoms with Crippen LogP contribution in [0.2, 0.25) is 0 Å². The zero-order valence-electron chi connectivity index (χ0n) is 11.4. The molecule has 1 fully saturated rings. The van der Waals surface area contributed by atoms with Crippen molar-refractivity contribution in [3.05, 3.63) is 22.6 Å². The number of hydrogen-bond donors (Lipinski definition) is 2. The summed E-state index contributed by atoms with van der Waals surface area (Å²) in [5.41, 5.74) is 0.709. The van der Waals surface area contributed by atoms with Gasteiger partial charge in [-0.15, -0.1) is 0 Å². The monoisotopic (exact) mass is 266 g/mol. The first-order valence-electron chi connectivity index (χ1n) is 6.87. The molecule has 0 saturated carbocycles. The Balaban J connectivity index is 1.85. The van der Waals surface area contributed by atoms with E-state index < -0.39 is 0 Å². The number of nitrogens with zero attached hydrogens (tertiary/aromatic N) is 2. The zero-order chi connectivity index (χ0) is 13.5. The first kappa shape index (κ1) is 14.0. The number of rotatable bonds is 7. The number of aryl methyl sites for hydroxylation is 1. The molecule has 1 unspecified atom stereocenters. The molecule has 1 aromatic rings. The summed E-state index contributed by atoms with van der Waals surface area (Å²) in [6, 6.07) is 1.60. The van der Waals surface area contributed by atoms with Gasteiger partial charge >= 0.3 is 0 Å². The second-order valence-electron chi connectivity index (χ2n) is 4.76. The summed E-state index contributed by atoms with van der Waals surface area (Å²) in [5.74, 6) is 0. The minimum atomic E-state index is -0.0625. The number of nitrogens with one attached hydrogen (secondary N) is 2. The largest absolute Gasteiger partial charge is 0.382 e. The molecule has 6 nitrogen and oxygen atoms in total. The lowest BCUT2D eigenvalue weighted by Gasteiger charge is -2.11. The number of ether oxygens (including phenoxy) is 1. The third kappa shape index (κ3) is 4.33. The quantitative estimate of drug-likeness (QED) is 0.701. The van der Waals surface area contributed by atoms with E-state index in [-0.39, 0.29) is 5.56 Å². The summed E-state index contributed by atoms with van der Waals surface area (Å²) in [7, 11) is 1.89. The van der Waals surface area contributed by atoms with Gasteiger partial charge < -0.3 is 15.4 Å². The first-order chi connectivity index (χ1) is 9.29. The number of anilines is 1. The summed E-state index contributed by atoms with van der Waals surface area (Å²) < 4.78 is 7.05. The Hall–Kier alpha value is -1.40. The summed E-state index contributed by atoms with van der Waals surface area (Å²) in [5, 5.41) is 10.4. The summed E-state index contributed by atoms with van der Waals surface area (Å²) >= 11 is 0. The highest BCUT2D eigenvalue weighted by molar-refractivity contribution is 5.38. The zero-order valence-corrected chi connectivity index (χ0v) is 11.4. The van der Waals surface area contributed by atoms with Gasteiger partial charge in [-0.1, -0.05) is 0 Å². The molecular weight excluding hydrogens is 244 g/mol.